The Morgan fingerprint density at radius 1 is 1.33 bits per heavy atom. The van der Waals surface area contributed by atoms with Gasteiger partial charge in [-0.2, -0.15) is 4.98 Å². The first-order valence-electron chi connectivity index (χ1n) is 6.34. The summed E-state index contributed by atoms with van der Waals surface area (Å²) in [7, 11) is 1.83. The molecule has 0 spiro atoms. The Morgan fingerprint density at radius 3 is 2.90 bits per heavy atom. The van der Waals surface area contributed by atoms with Crippen molar-refractivity contribution < 1.29 is 18.0 Å². The van der Waals surface area contributed by atoms with Crippen molar-refractivity contribution in [2.24, 2.45) is 0 Å². The first-order valence-corrected chi connectivity index (χ1v) is 7.13. The van der Waals surface area contributed by atoms with Gasteiger partial charge in [-0.05, 0) is 35.1 Å². The van der Waals surface area contributed by atoms with Gasteiger partial charge in [0.2, 0.25) is 11.7 Å². The molecule has 0 amide bonds. The van der Waals surface area contributed by atoms with Crippen LogP contribution >= 0.6 is 15.9 Å². The highest BCUT2D eigenvalue weighted by molar-refractivity contribution is 9.10. The number of hydrogen-bond acceptors (Lipinski definition) is 5. The fraction of sp³-hybridized carbons (Fsp3) is 0.385. The molecule has 5 nitrogen and oxygen atoms in total. The number of benzene rings is 1. The van der Waals surface area contributed by atoms with Gasteiger partial charge in [0.25, 0.3) is 0 Å². The molecule has 1 aromatic carbocycles. The molecule has 21 heavy (non-hydrogen) atoms. The normalized spacial score (nSPS) is 21.9. The van der Waals surface area contributed by atoms with Gasteiger partial charge in [-0.1, -0.05) is 5.16 Å². The van der Waals surface area contributed by atoms with Crippen LogP contribution in [-0.4, -0.2) is 36.4 Å². The molecular formula is C13H12BrF2N3O2. The van der Waals surface area contributed by atoms with E-state index in [1.165, 1.54) is 6.07 Å². The van der Waals surface area contributed by atoms with E-state index in [0.29, 0.717) is 24.7 Å². The van der Waals surface area contributed by atoms with E-state index in [0.717, 1.165) is 6.07 Å². The lowest BCUT2D eigenvalue weighted by atomic mass is 10.0. The number of ether oxygens (including phenoxy) is 1. The van der Waals surface area contributed by atoms with Crippen LogP contribution in [0.2, 0.25) is 0 Å². The second-order valence-electron chi connectivity index (χ2n) is 4.72. The summed E-state index contributed by atoms with van der Waals surface area (Å²) in [6.45, 7) is 1.04. The minimum absolute atomic E-state index is 0.0253. The summed E-state index contributed by atoms with van der Waals surface area (Å²) >= 11 is 3.01. The van der Waals surface area contributed by atoms with Gasteiger partial charge in [-0.3, -0.25) is 0 Å². The molecule has 0 radical (unpaired) electrons. The van der Waals surface area contributed by atoms with Gasteiger partial charge in [0.05, 0.1) is 23.6 Å². The summed E-state index contributed by atoms with van der Waals surface area (Å²) in [5, 5.41) is 6.96. The first kappa shape index (κ1) is 14.6. The molecule has 8 heteroatoms. The smallest absolute Gasteiger partial charge is 0.234 e. The maximum absolute atomic E-state index is 13.6. The highest BCUT2D eigenvalue weighted by Gasteiger charge is 2.33. The Bertz CT molecular complexity index is 665. The van der Waals surface area contributed by atoms with Crippen LogP contribution < -0.4 is 5.32 Å². The van der Waals surface area contributed by atoms with Crippen molar-refractivity contribution in [2.75, 3.05) is 20.3 Å². The number of rotatable bonds is 3. The second-order valence-corrected chi connectivity index (χ2v) is 5.51. The Labute approximate surface area is 127 Å². The number of aromatic nitrogens is 2. The van der Waals surface area contributed by atoms with E-state index in [1.54, 1.807) is 0 Å². The molecule has 1 aliphatic heterocycles. The van der Waals surface area contributed by atoms with Crippen LogP contribution in [0.5, 0.6) is 0 Å². The second kappa shape index (κ2) is 5.78. The van der Waals surface area contributed by atoms with E-state index >= 15 is 0 Å². The van der Waals surface area contributed by atoms with Crippen molar-refractivity contribution >= 4 is 15.9 Å². The van der Waals surface area contributed by atoms with Gasteiger partial charge in [-0.25, -0.2) is 8.78 Å². The van der Waals surface area contributed by atoms with Gasteiger partial charge in [0.15, 0.2) is 11.6 Å². The molecule has 1 aromatic heterocycles. The van der Waals surface area contributed by atoms with Crippen LogP contribution in [0.3, 0.4) is 0 Å². The van der Waals surface area contributed by atoms with E-state index in [2.05, 4.69) is 31.4 Å². The van der Waals surface area contributed by atoms with Gasteiger partial charge < -0.3 is 14.6 Å². The zero-order valence-electron chi connectivity index (χ0n) is 11.1. The van der Waals surface area contributed by atoms with Crippen molar-refractivity contribution in [1.29, 1.82) is 0 Å². The van der Waals surface area contributed by atoms with E-state index in [1.807, 2.05) is 7.05 Å². The SMILES string of the molecule is CNC1COCC1c1nc(-c2ccc(F)c(F)c2Br)no1. The van der Waals surface area contributed by atoms with Gasteiger partial charge in [0.1, 0.15) is 0 Å². The van der Waals surface area contributed by atoms with Crippen LogP contribution in [0.4, 0.5) is 8.78 Å². The van der Waals surface area contributed by atoms with Crippen molar-refractivity contribution in [3.8, 4) is 11.4 Å². The third-order valence-corrected chi connectivity index (χ3v) is 4.26. The van der Waals surface area contributed by atoms with Crippen molar-refractivity contribution in [3.63, 3.8) is 0 Å². The highest BCUT2D eigenvalue weighted by atomic mass is 79.9. The van der Waals surface area contributed by atoms with Crippen LogP contribution in [-0.2, 0) is 4.74 Å². The maximum atomic E-state index is 13.6. The lowest BCUT2D eigenvalue weighted by molar-refractivity contribution is 0.185. The number of hydrogen-bond donors (Lipinski definition) is 1. The molecule has 1 N–H and O–H groups in total. The van der Waals surface area contributed by atoms with E-state index < -0.39 is 11.6 Å². The minimum atomic E-state index is -0.976. The van der Waals surface area contributed by atoms with Crippen LogP contribution in [0.25, 0.3) is 11.4 Å². The van der Waals surface area contributed by atoms with E-state index in [9.17, 15) is 8.78 Å². The fourth-order valence-corrected chi connectivity index (χ4v) is 2.77. The van der Waals surface area contributed by atoms with Crippen LogP contribution in [0, 0.1) is 11.6 Å². The lowest BCUT2D eigenvalue weighted by Crippen LogP contribution is -2.31. The topological polar surface area (TPSA) is 60.2 Å². The van der Waals surface area contributed by atoms with Crippen molar-refractivity contribution in [2.45, 2.75) is 12.0 Å². The molecule has 112 valence electrons. The third-order valence-electron chi connectivity index (χ3n) is 3.49. The van der Waals surface area contributed by atoms with Gasteiger partial charge >= 0.3 is 0 Å². The third kappa shape index (κ3) is 2.58. The zero-order chi connectivity index (χ0) is 15.0. The number of nitrogens with zero attached hydrogens (tertiary/aromatic N) is 2. The quantitative estimate of drug-likeness (QED) is 0.853. The molecule has 1 saturated heterocycles. The predicted molar refractivity (Wildman–Crippen MR) is 73.8 cm³/mol. The van der Waals surface area contributed by atoms with E-state index in [4.69, 9.17) is 9.26 Å². The van der Waals surface area contributed by atoms with Crippen LogP contribution in [0.1, 0.15) is 11.8 Å². The number of likely N-dealkylation sites (N-methyl/N-ethyl adjacent to an activating group) is 1. The van der Waals surface area contributed by atoms with Crippen molar-refractivity contribution in [1.82, 2.24) is 15.5 Å². The Hall–Kier alpha value is -1.38. The van der Waals surface area contributed by atoms with E-state index in [-0.39, 0.29) is 22.3 Å². The lowest BCUT2D eigenvalue weighted by Gasteiger charge is -2.11. The first-order chi connectivity index (χ1) is 10.1. The molecule has 0 aliphatic carbocycles. The monoisotopic (exact) mass is 359 g/mol. The molecule has 1 fully saturated rings. The molecule has 1 aliphatic rings. The summed E-state index contributed by atoms with van der Waals surface area (Å²) in [6.07, 6.45) is 0. The highest BCUT2D eigenvalue weighted by Crippen LogP contribution is 2.32. The summed E-state index contributed by atoms with van der Waals surface area (Å²) < 4.78 is 37.3. The molecule has 0 bridgehead atoms. The molecular weight excluding hydrogens is 348 g/mol. The summed E-state index contributed by atoms with van der Waals surface area (Å²) in [5.41, 5.74) is 0.337. The van der Waals surface area contributed by atoms with Crippen LogP contribution in [0.15, 0.2) is 21.1 Å². The average molecular weight is 360 g/mol. The summed E-state index contributed by atoms with van der Waals surface area (Å²) in [5.74, 6) is -1.35. The minimum Gasteiger partial charge on any atom is -0.379 e. The van der Waals surface area contributed by atoms with Gasteiger partial charge in [0, 0.05) is 11.6 Å². The molecule has 3 rings (SSSR count). The Balaban J connectivity index is 1.94. The standard InChI is InChI=1S/C13H12BrF2N3O2/c1-17-9-5-20-4-7(9)13-18-12(19-21-13)6-2-3-8(15)11(16)10(6)14/h2-3,7,9,17H,4-5H2,1H3. The molecule has 2 unspecified atom stereocenters. The largest absolute Gasteiger partial charge is 0.379 e. The predicted octanol–water partition coefficient (Wildman–Crippen LogP) is 2.48. The fourth-order valence-electron chi connectivity index (χ4n) is 2.28. The summed E-state index contributed by atoms with van der Waals surface area (Å²) in [6, 6.07) is 2.52. The van der Waals surface area contributed by atoms with Gasteiger partial charge in [-0.15, -0.1) is 0 Å². The summed E-state index contributed by atoms with van der Waals surface area (Å²) in [4.78, 5) is 4.28. The average Bonchev–Trinajstić information content (AvgIpc) is 3.12. The van der Waals surface area contributed by atoms with Crippen molar-refractivity contribution in [3.05, 3.63) is 34.1 Å². The molecule has 2 heterocycles. The number of nitrogens with one attached hydrogen (secondary N) is 1. The number of halogens is 3. The zero-order valence-corrected chi connectivity index (χ0v) is 12.7. The molecule has 0 saturated carbocycles. The molecule has 2 aromatic rings. The Morgan fingerprint density at radius 2 is 2.14 bits per heavy atom. The maximum Gasteiger partial charge on any atom is 0.234 e. The molecule has 2 atom stereocenters. The Kier molecular flexibility index (Phi) is 4.01.